The van der Waals surface area contributed by atoms with Gasteiger partial charge in [0, 0.05) is 25.1 Å². The Bertz CT molecular complexity index is 491. The predicted molar refractivity (Wildman–Crippen MR) is 88.0 cm³/mol. The third-order valence-electron chi connectivity index (χ3n) is 3.99. The van der Waals surface area contributed by atoms with Gasteiger partial charge in [-0.3, -0.25) is 4.79 Å². The van der Waals surface area contributed by atoms with E-state index in [1.807, 2.05) is 0 Å². The van der Waals surface area contributed by atoms with Gasteiger partial charge in [0.05, 0.1) is 0 Å². The van der Waals surface area contributed by atoms with Crippen LogP contribution in [0, 0.1) is 11.8 Å². The summed E-state index contributed by atoms with van der Waals surface area (Å²) in [5.41, 5.74) is -0.0130. The largest absolute Gasteiger partial charge is 0.356 e. The fourth-order valence-electron chi connectivity index (χ4n) is 2.34. The molecule has 1 saturated carbocycles. The molecule has 0 aromatic carbocycles. The molecule has 0 saturated heterocycles. The summed E-state index contributed by atoms with van der Waals surface area (Å²) in [6.45, 7) is 10.9. The molecule has 1 N–H and O–H groups in total. The van der Waals surface area contributed by atoms with E-state index in [1.165, 1.54) is 0 Å². The lowest BCUT2D eigenvalue weighted by atomic mass is 10.1. The second kappa shape index (κ2) is 7.10. The van der Waals surface area contributed by atoms with E-state index in [2.05, 4.69) is 37.6 Å². The first-order chi connectivity index (χ1) is 9.95. The van der Waals surface area contributed by atoms with E-state index in [4.69, 9.17) is 4.98 Å². The van der Waals surface area contributed by atoms with Gasteiger partial charge in [-0.15, -0.1) is 0 Å². The zero-order chi connectivity index (χ0) is 15.4. The standard InChI is InChI=1S/C17H29N3O/c1-12(2)7-9-20(10-8-13(3)4)15-11-16(21)19-17(18-15)14-5-6-14/h11-14H,5-10H2,1-4H3,(H,18,19,21). The summed E-state index contributed by atoms with van der Waals surface area (Å²) < 4.78 is 0. The maximum absolute atomic E-state index is 11.9. The fourth-order valence-corrected chi connectivity index (χ4v) is 2.34. The molecule has 0 spiro atoms. The number of anilines is 1. The molecule has 0 bridgehead atoms. The van der Waals surface area contributed by atoms with E-state index in [1.54, 1.807) is 6.07 Å². The summed E-state index contributed by atoms with van der Waals surface area (Å²) in [4.78, 5) is 21.8. The lowest BCUT2D eigenvalue weighted by molar-refractivity contribution is 0.532. The van der Waals surface area contributed by atoms with Crippen LogP contribution in [-0.4, -0.2) is 23.1 Å². The van der Waals surface area contributed by atoms with Crippen molar-refractivity contribution >= 4 is 5.82 Å². The van der Waals surface area contributed by atoms with Crippen molar-refractivity contribution in [2.45, 2.75) is 59.3 Å². The second-order valence-corrected chi connectivity index (χ2v) is 7.12. The molecule has 2 rings (SSSR count). The minimum Gasteiger partial charge on any atom is -0.356 e. The van der Waals surface area contributed by atoms with Gasteiger partial charge in [0.25, 0.3) is 5.56 Å². The number of nitrogens with one attached hydrogen (secondary N) is 1. The van der Waals surface area contributed by atoms with Crippen molar-refractivity contribution in [3.8, 4) is 0 Å². The van der Waals surface area contributed by atoms with E-state index >= 15 is 0 Å². The topological polar surface area (TPSA) is 49.0 Å². The van der Waals surface area contributed by atoms with Gasteiger partial charge in [-0.1, -0.05) is 27.7 Å². The van der Waals surface area contributed by atoms with Crippen LogP contribution in [0.2, 0.25) is 0 Å². The zero-order valence-electron chi connectivity index (χ0n) is 13.9. The number of aromatic nitrogens is 2. The van der Waals surface area contributed by atoms with Gasteiger partial charge in [0.2, 0.25) is 0 Å². The van der Waals surface area contributed by atoms with Gasteiger partial charge in [-0.05, 0) is 37.5 Å². The smallest absolute Gasteiger partial charge is 0.252 e. The number of nitrogens with zero attached hydrogens (tertiary/aromatic N) is 2. The third kappa shape index (κ3) is 5.18. The molecule has 0 unspecified atom stereocenters. The van der Waals surface area contributed by atoms with E-state index in [9.17, 15) is 4.79 Å². The van der Waals surface area contributed by atoms with Crippen LogP contribution in [0.5, 0.6) is 0 Å². The molecule has 1 heterocycles. The van der Waals surface area contributed by atoms with Crippen LogP contribution in [0.4, 0.5) is 5.82 Å². The van der Waals surface area contributed by atoms with Gasteiger partial charge < -0.3 is 9.88 Å². The Labute approximate surface area is 128 Å². The number of aromatic amines is 1. The molecule has 21 heavy (non-hydrogen) atoms. The Morgan fingerprint density at radius 3 is 2.24 bits per heavy atom. The van der Waals surface area contributed by atoms with Crippen LogP contribution < -0.4 is 10.5 Å². The SMILES string of the molecule is CC(C)CCN(CCC(C)C)c1cc(=O)[nH]c(C2CC2)n1. The quantitative estimate of drug-likeness (QED) is 0.797. The zero-order valence-corrected chi connectivity index (χ0v) is 13.9. The highest BCUT2D eigenvalue weighted by Gasteiger charge is 2.27. The predicted octanol–water partition coefficient (Wildman–Crippen LogP) is 3.55. The van der Waals surface area contributed by atoms with Crippen molar-refractivity contribution in [2.75, 3.05) is 18.0 Å². The first-order valence-electron chi connectivity index (χ1n) is 8.32. The van der Waals surface area contributed by atoms with Crippen LogP contribution in [-0.2, 0) is 0 Å². The van der Waals surface area contributed by atoms with E-state index in [0.717, 1.165) is 50.4 Å². The summed E-state index contributed by atoms with van der Waals surface area (Å²) in [6.07, 6.45) is 4.57. The Morgan fingerprint density at radius 2 is 1.76 bits per heavy atom. The van der Waals surface area contributed by atoms with Gasteiger partial charge >= 0.3 is 0 Å². The first-order valence-corrected chi connectivity index (χ1v) is 8.32. The Kier molecular flexibility index (Phi) is 5.43. The Morgan fingerprint density at radius 1 is 1.19 bits per heavy atom. The minimum absolute atomic E-state index is 0.0130. The van der Waals surface area contributed by atoms with Crippen LogP contribution in [0.15, 0.2) is 10.9 Å². The number of hydrogen-bond acceptors (Lipinski definition) is 3. The maximum Gasteiger partial charge on any atom is 0.252 e. The molecule has 1 aliphatic carbocycles. The van der Waals surface area contributed by atoms with Crippen molar-refractivity contribution < 1.29 is 0 Å². The minimum atomic E-state index is -0.0130. The number of H-pyrrole nitrogens is 1. The van der Waals surface area contributed by atoms with Crippen molar-refractivity contribution in [2.24, 2.45) is 11.8 Å². The molecule has 4 nitrogen and oxygen atoms in total. The molecule has 1 fully saturated rings. The van der Waals surface area contributed by atoms with Gasteiger partial charge in [0.1, 0.15) is 11.6 Å². The van der Waals surface area contributed by atoms with Crippen LogP contribution in [0.25, 0.3) is 0 Å². The van der Waals surface area contributed by atoms with Crippen LogP contribution in [0.1, 0.15) is 65.1 Å². The highest BCUT2D eigenvalue weighted by molar-refractivity contribution is 5.38. The number of hydrogen-bond donors (Lipinski definition) is 1. The van der Waals surface area contributed by atoms with Crippen LogP contribution >= 0.6 is 0 Å². The Balaban J connectivity index is 2.15. The lowest BCUT2D eigenvalue weighted by Crippen LogP contribution is -2.30. The fraction of sp³-hybridized carbons (Fsp3) is 0.765. The molecular formula is C17H29N3O. The average molecular weight is 291 g/mol. The molecule has 0 amide bonds. The third-order valence-corrected chi connectivity index (χ3v) is 3.99. The maximum atomic E-state index is 11.9. The summed E-state index contributed by atoms with van der Waals surface area (Å²) in [7, 11) is 0. The molecular weight excluding hydrogens is 262 g/mol. The van der Waals surface area contributed by atoms with Gasteiger partial charge in [-0.2, -0.15) is 0 Å². The van der Waals surface area contributed by atoms with E-state index in [-0.39, 0.29) is 5.56 Å². The molecule has 0 radical (unpaired) electrons. The van der Waals surface area contributed by atoms with Crippen LogP contribution in [0.3, 0.4) is 0 Å². The monoisotopic (exact) mass is 291 g/mol. The lowest BCUT2D eigenvalue weighted by Gasteiger charge is -2.25. The second-order valence-electron chi connectivity index (χ2n) is 7.12. The van der Waals surface area contributed by atoms with Gasteiger partial charge in [0.15, 0.2) is 0 Å². The molecule has 0 atom stereocenters. The first kappa shape index (κ1) is 16.1. The van der Waals surface area contributed by atoms with Gasteiger partial charge in [-0.25, -0.2) is 4.98 Å². The average Bonchev–Trinajstić information content (AvgIpc) is 3.21. The van der Waals surface area contributed by atoms with E-state index < -0.39 is 0 Å². The van der Waals surface area contributed by atoms with Crippen molar-refractivity contribution in [3.05, 3.63) is 22.2 Å². The highest BCUT2D eigenvalue weighted by Crippen LogP contribution is 2.37. The molecule has 4 heteroatoms. The summed E-state index contributed by atoms with van der Waals surface area (Å²) in [5.74, 6) is 3.56. The summed E-state index contributed by atoms with van der Waals surface area (Å²) >= 11 is 0. The van der Waals surface area contributed by atoms with Crippen molar-refractivity contribution in [1.82, 2.24) is 9.97 Å². The summed E-state index contributed by atoms with van der Waals surface area (Å²) in [6, 6.07) is 1.66. The summed E-state index contributed by atoms with van der Waals surface area (Å²) in [5, 5.41) is 0. The molecule has 0 aliphatic heterocycles. The molecule has 1 aromatic rings. The molecule has 118 valence electrons. The van der Waals surface area contributed by atoms with Crippen molar-refractivity contribution in [1.29, 1.82) is 0 Å². The number of rotatable bonds is 8. The molecule has 1 aromatic heterocycles. The highest BCUT2D eigenvalue weighted by atomic mass is 16.1. The normalized spacial score (nSPS) is 15.0. The molecule has 1 aliphatic rings. The Hall–Kier alpha value is -1.32. The van der Waals surface area contributed by atoms with E-state index in [0.29, 0.717) is 17.8 Å². The van der Waals surface area contributed by atoms with Crippen molar-refractivity contribution in [3.63, 3.8) is 0 Å².